The van der Waals surface area contributed by atoms with Gasteiger partial charge in [0.2, 0.25) is 0 Å². The van der Waals surface area contributed by atoms with Crippen molar-refractivity contribution in [3.8, 4) is 0 Å². The molecule has 0 saturated heterocycles. The van der Waals surface area contributed by atoms with Crippen molar-refractivity contribution >= 4 is 43.4 Å². The second kappa shape index (κ2) is 3.92. The lowest BCUT2D eigenvalue weighted by Crippen LogP contribution is -1.94. The van der Waals surface area contributed by atoms with Crippen LogP contribution in [0, 0.1) is 13.8 Å². The summed E-state index contributed by atoms with van der Waals surface area (Å²) in [5.41, 5.74) is 4.13. The number of hydrogen-bond acceptors (Lipinski definition) is 2. The highest BCUT2D eigenvalue weighted by Crippen LogP contribution is 2.38. The molecule has 0 spiro atoms. The summed E-state index contributed by atoms with van der Waals surface area (Å²) in [5.74, 6) is 0. The van der Waals surface area contributed by atoms with E-state index in [0.717, 1.165) is 22.4 Å². The van der Waals surface area contributed by atoms with Crippen molar-refractivity contribution in [1.82, 2.24) is 9.97 Å². The van der Waals surface area contributed by atoms with Gasteiger partial charge in [-0.05, 0) is 47.5 Å². The highest BCUT2D eigenvalue weighted by atomic mass is 14.8. The minimum atomic E-state index is 1.03. The first-order valence-electron chi connectivity index (χ1n) is 7.54. The summed E-state index contributed by atoms with van der Waals surface area (Å²) >= 11 is 0. The van der Waals surface area contributed by atoms with Gasteiger partial charge in [-0.3, -0.25) is 9.97 Å². The molecule has 22 heavy (non-hydrogen) atoms. The van der Waals surface area contributed by atoms with Gasteiger partial charge < -0.3 is 0 Å². The Morgan fingerprint density at radius 1 is 0.636 bits per heavy atom. The molecular weight excluding hydrogens is 268 g/mol. The first-order valence-corrected chi connectivity index (χ1v) is 7.54. The van der Waals surface area contributed by atoms with E-state index in [0.29, 0.717) is 0 Å². The molecule has 2 heterocycles. The number of pyridine rings is 2. The Morgan fingerprint density at radius 2 is 1.09 bits per heavy atom. The standard InChI is InChI=1S/C20H14N2/c1-11-9-13-5-3-7-15-16-8-4-6-14-10-12(2)22-20(18(14)16)19(21-11)17(13)15/h3-10H,1-2H3. The molecule has 5 rings (SSSR count). The third-order valence-electron chi connectivity index (χ3n) is 4.49. The van der Waals surface area contributed by atoms with E-state index >= 15 is 0 Å². The number of nitrogens with zero attached hydrogens (tertiary/aromatic N) is 2. The summed E-state index contributed by atoms with van der Waals surface area (Å²) in [4.78, 5) is 9.67. The first-order chi connectivity index (χ1) is 10.7. The number of benzene rings is 3. The van der Waals surface area contributed by atoms with Crippen molar-refractivity contribution in [3.63, 3.8) is 0 Å². The Balaban J connectivity index is 2.28. The predicted molar refractivity (Wildman–Crippen MR) is 92.7 cm³/mol. The largest absolute Gasteiger partial charge is 0.251 e. The van der Waals surface area contributed by atoms with Crippen molar-refractivity contribution < 1.29 is 0 Å². The van der Waals surface area contributed by atoms with Gasteiger partial charge >= 0.3 is 0 Å². The lowest BCUT2D eigenvalue weighted by Gasteiger charge is -2.14. The molecule has 5 aromatic rings. The summed E-state index contributed by atoms with van der Waals surface area (Å²) in [6, 6.07) is 17.3. The highest BCUT2D eigenvalue weighted by Gasteiger charge is 2.15. The van der Waals surface area contributed by atoms with Crippen LogP contribution in [0.25, 0.3) is 43.4 Å². The van der Waals surface area contributed by atoms with Crippen LogP contribution in [-0.4, -0.2) is 9.97 Å². The third kappa shape index (κ3) is 1.39. The fraction of sp³-hybridized carbons (Fsp3) is 0.100. The maximum atomic E-state index is 4.83. The molecule has 2 nitrogen and oxygen atoms in total. The lowest BCUT2D eigenvalue weighted by atomic mass is 9.94. The van der Waals surface area contributed by atoms with Crippen molar-refractivity contribution in [2.45, 2.75) is 13.8 Å². The van der Waals surface area contributed by atoms with Crippen LogP contribution in [0.5, 0.6) is 0 Å². The zero-order valence-corrected chi connectivity index (χ0v) is 12.5. The van der Waals surface area contributed by atoms with E-state index in [1.165, 1.54) is 32.3 Å². The zero-order valence-electron chi connectivity index (χ0n) is 12.5. The molecular formula is C20H14N2. The van der Waals surface area contributed by atoms with Crippen LogP contribution in [0.15, 0.2) is 48.5 Å². The average Bonchev–Trinajstić information content (AvgIpc) is 2.51. The van der Waals surface area contributed by atoms with E-state index in [4.69, 9.17) is 9.97 Å². The third-order valence-corrected chi connectivity index (χ3v) is 4.49. The molecule has 104 valence electrons. The summed E-state index contributed by atoms with van der Waals surface area (Å²) in [6.45, 7) is 4.10. The fourth-order valence-corrected chi connectivity index (χ4v) is 3.68. The number of hydrogen-bond donors (Lipinski definition) is 0. The molecule has 0 aliphatic carbocycles. The van der Waals surface area contributed by atoms with E-state index in [1.807, 2.05) is 0 Å². The Morgan fingerprint density at radius 3 is 1.55 bits per heavy atom. The molecule has 0 aliphatic rings. The predicted octanol–water partition coefficient (Wildman–Crippen LogP) is 5.14. The smallest absolute Gasteiger partial charge is 0.0980 e. The van der Waals surface area contributed by atoms with Gasteiger partial charge in [0.15, 0.2) is 0 Å². The molecule has 0 saturated carbocycles. The maximum Gasteiger partial charge on any atom is 0.0980 e. The molecule has 0 unspecified atom stereocenters. The van der Waals surface area contributed by atoms with E-state index in [1.54, 1.807) is 0 Å². The number of aromatic nitrogens is 2. The molecule has 2 aromatic heterocycles. The second-order valence-corrected chi connectivity index (χ2v) is 6.03. The SMILES string of the molecule is Cc1cc2cccc3c4cccc5cc(C)nc(c(n1)c23)c54. The molecule has 0 bridgehead atoms. The maximum absolute atomic E-state index is 4.83. The van der Waals surface area contributed by atoms with Gasteiger partial charge in [0, 0.05) is 22.2 Å². The molecule has 0 fully saturated rings. The Bertz CT molecular complexity index is 1090. The van der Waals surface area contributed by atoms with Crippen LogP contribution < -0.4 is 0 Å². The van der Waals surface area contributed by atoms with Crippen LogP contribution in [0.4, 0.5) is 0 Å². The van der Waals surface area contributed by atoms with Crippen molar-refractivity contribution in [1.29, 1.82) is 0 Å². The molecule has 0 amide bonds. The molecule has 2 heteroatoms. The highest BCUT2D eigenvalue weighted by molar-refractivity contribution is 6.30. The van der Waals surface area contributed by atoms with Gasteiger partial charge in [-0.1, -0.05) is 36.4 Å². The van der Waals surface area contributed by atoms with Crippen molar-refractivity contribution in [3.05, 3.63) is 59.9 Å². The molecule has 0 aliphatic heterocycles. The molecule has 0 radical (unpaired) electrons. The molecule has 0 atom stereocenters. The van der Waals surface area contributed by atoms with Gasteiger partial charge in [0.1, 0.15) is 0 Å². The van der Waals surface area contributed by atoms with E-state index in [-0.39, 0.29) is 0 Å². The molecule has 3 aromatic carbocycles. The van der Waals surface area contributed by atoms with Gasteiger partial charge in [0.25, 0.3) is 0 Å². The normalized spacial score (nSPS) is 12.1. The summed E-state index contributed by atoms with van der Waals surface area (Å²) < 4.78 is 0. The zero-order chi connectivity index (χ0) is 14.8. The lowest BCUT2D eigenvalue weighted by molar-refractivity contribution is 1.24. The van der Waals surface area contributed by atoms with Gasteiger partial charge in [-0.15, -0.1) is 0 Å². The van der Waals surface area contributed by atoms with Gasteiger partial charge in [0.05, 0.1) is 11.0 Å². The van der Waals surface area contributed by atoms with Crippen LogP contribution in [0.1, 0.15) is 11.4 Å². The Kier molecular flexibility index (Phi) is 2.11. The monoisotopic (exact) mass is 282 g/mol. The van der Waals surface area contributed by atoms with Crippen LogP contribution in [0.3, 0.4) is 0 Å². The average molecular weight is 282 g/mol. The van der Waals surface area contributed by atoms with Crippen molar-refractivity contribution in [2.24, 2.45) is 0 Å². The topological polar surface area (TPSA) is 25.8 Å². The quantitative estimate of drug-likeness (QED) is 0.290. The van der Waals surface area contributed by atoms with Crippen LogP contribution in [-0.2, 0) is 0 Å². The minimum absolute atomic E-state index is 1.03. The Labute approximate surface area is 127 Å². The minimum Gasteiger partial charge on any atom is -0.251 e. The first kappa shape index (κ1) is 11.9. The van der Waals surface area contributed by atoms with Gasteiger partial charge in [-0.25, -0.2) is 0 Å². The Hall–Kier alpha value is -2.74. The summed E-state index contributed by atoms with van der Waals surface area (Å²) in [7, 11) is 0. The number of rotatable bonds is 0. The fourth-order valence-electron chi connectivity index (χ4n) is 3.68. The number of aryl methyl sites for hydroxylation is 2. The number of fused-ring (bicyclic) bond motifs is 2. The molecule has 0 N–H and O–H groups in total. The van der Waals surface area contributed by atoms with Crippen LogP contribution >= 0.6 is 0 Å². The second-order valence-electron chi connectivity index (χ2n) is 6.03. The van der Waals surface area contributed by atoms with Crippen molar-refractivity contribution in [2.75, 3.05) is 0 Å². The van der Waals surface area contributed by atoms with E-state index in [2.05, 4.69) is 62.4 Å². The van der Waals surface area contributed by atoms with Gasteiger partial charge in [-0.2, -0.15) is 0 Å². The van der Waals surface area contributed by atoms with E-state index < -0.39 is 0 Å². The summed E-state index contributed by atoms with van der Waals surface area (Å²) in [5, 5.41) is 7.47. The summed E-state index contributed by atoms with van der Waals surface area (Å²) in [6.07, 6.45) is 0. The van der Waals surface area contributed by atoms with E-state index in [9.17, 15) is 0 Å². The van der Waals surface area contributed by atoms with Crippen LogP contribution in [0.2, 0.25) is 0 Å².